The van der Waals surface area contributed by atoms with Crippen molar-refractivity contribution in [3.8, 4) is 17.2 Å². The van der Waals surface area contributed by atoms with E-state index >= 15 is 0 Å². The summed E-state index contributed by atoms with van der Waals surface area (Å²) >= 11 is 0. The van der Waals surface area contributed by atoms with Crippen LogP contribution in [0, 0.1) is 0 Å². The lowest BCUT2D eigenvalue weighted by Crippen LogP contribution is -2.12. The summed E-state index contributed by atoms with van der Waals surface area (Å²) in [5, 5.41) is 0. The summed E-state index contributed by atoms with van der Waals surface area (Å²) in [6, 6.07) is 4.96. The summed E-state index contributed by atoms with van der Waals surface area (Å²) in [6.07, 6.45) is 6.01. The van der Waals surface area contributed by atoms with Gasteiger partial charge in [0, 0.05) is 18.9 Å². The lowest BCUT2D eigenvalue weighted by molar-refractivity contribution is -0.137. The van der Waals surface area contributed by atoms with E-state index in [4.69, 9.17) is 14.2 Å². The van der Waals surface area contributed by atoms with Crippen LogP contribution in [0.3, 0.4) is 0 Å². The van der Waals surface area contributed by atoms with Crippen molar-refractivity contribution < 1.29 is 23.8 Å². The van der Waals surface area contributed by atoms with E-state index in [-0.39, 0.29) is 23.4 Å². The van der Waals surface area contributed by atoms with Gasteiger partial charge in [0.25, 0.3) is 0 Å². The lowest BCUT2D eigenvalue weighted by Gasteiger charge is -2.13. The maximum Gasteiger partial charge on any atom is 0.311 e. The molecule has 0 amide bonds. The zero-order chi connectivity index (χ0) is 18.5. The molecule has 0 spiro atoms. The maximum absolute atomic E-state index is 11.9. The predicted molar refractivity (Wildman–Crippen MR) is 97.2 cm³/mol. The van der Waals surface area contributed by atoms with Crippen molar-refractivity contribution in [2.45, 2.75) is 72.1 Å². The third kappa shape index (κ3) is 8.57. The van der Waals surface area contributed by atoms with Gasteiger partial charge in [-0.2, -0.15) is 0 Å². The van der Waals surface area contributed by atoms with Crippen LogP contribution < -0.4 is 14.2 Å². The highest BCUT2D eigenvalue weighted by molar-refractivity contribution is 5.76. The number of hydrogen-bond acceptors (Lipinski definition) is 5. The topological polar surface area (TPSA) is 61.8 Å². The Kier molecular flexibility index (Phi) is 10.4. The molecule has 140 valence electrons. The number of rotatable bonds is 12. The molecule has 0 atom stereocenters. The molecule has 0 bridgehead atoms. The summed E-state index contributed by atoms with van der Waals surface area (Å²) < 4.78 is 16.4. The molecule has 5 heteroatoms. The summed E-state index contributed by atoms with van der Waals surface area (Å²) in [6.45, 7) is 6.70. The van der Waals surface area contributed by atoms with Gasteiger partial charge in [0.05, 0.1) is 6.61 Å². The van der Waals surface area contributed by atoms with Gasteiger partial charge < -0.3 is 14.2 Å². The first kappa shape index (κ1) is 21.0. The minimum atomic E-state index is -0.335. The van der Waals surface area contributed by atoms with E-state index < -0.39 is 0 Å². The molecule has 0 N–H and O–H groups in total. The van der Waals surface area contributed by atoms with Crippen molar-refractivity contribution in [3.63, 3.8) is 0 Å². The monoisotopic (exact) mass is 350 g/mol. The van der Waals surface area contributed by atoms with E-state index in [1.807, 2.05) is 13.8 Å². The summed E-state index contributed by atoms with van der Waals surface area (Å²) in [7, 11) is 0. The normalized spacial score (nSPS) is 10.4. The molecule has 0 radical (unpaired) electrons. The number of unbranched alkanes of at least 4 members (excludes halogenated alkanes) is 3. The van der Waals surface area contributed by atoms with Crippen molar-refractivity contribution in [2.75, 3.05) is 6.61 Å². The zero-order valence-electron chi connectivity index (χ0n) is 15.6. The molecule has 0 saturated carbocycles. The van der Waals surface area contributed by atoms with E-state index in [1.54, 1.807) is 18.2 Å². The second kappa shape index (κ2) is 12.3. The van der Waals surface area contributed by atoms with Crippen LogP contribution in [0.1, 0.15) is 72.1 Å². The Morgan fingerprint density at radius 1 is 0.800 bits per heavy atom. The van der Waals surface area contributed by atoms with Crippen LogP contribution in [0.4, 0.5) is 0 Å². The molecule has 0 aromatic heterocycles. The van der Waals surface area contributed by atoms with Crippen LogP contribution in [0.5, 0.6) is 17.2 Å². The van der Waals surface area contributed by atoms with Crippen LogP contribution in [-0.2, 0) is 9.59 Å². The number of hydrogen-bond donors (Lipinski definition) is 0. The van der Waals surface area contributed by atoms with Gasteiger partial charge >= 0.3 is 11.9 Å². The minimum Gasteiger partial charge on any atom is -0.493 e. The van der Waals surface area contributed by atoms with E-state index in [9.17, 15) is 9.59 Å². The van der Waals surface area contributed by atoms with Crippen LogP contribution in [0.25, 0.3) is 0 Å². The molecule has 1 aromatic rings. The summed E-state index contributed by atoms with van der Waals surface area (Å²) in [5.74, 6) is 0.430. The number of ether oxygens (including phenoxy) is 3. The minimum absolute atomic E-state index is 0.236. The van der Waals surface area contributed by atoms with Crippen LogP contribution in [0.15, 0.2) is 18.2 Å². The molecule has 25 heavy (non-hydrogen) atoms. The molecular weight excluding hydrogens is 320 g/mol. The zero-order valence-corrected chi connectivity index (χ0v) is 15.6. The molecular formula is C20H30O5. The standard InChI is InChI=1S/C20H30O5/c1-4-7-10-19(21)24-17-13-12-16(23-14-9-6-3)15-18(17)25-20(22)11-8-5-2/h12-13,15H,4-11,14H2,1-3H3. The van der Waals surface area contributed by atoms with Crippen molar-refractivity contribution in [2.24, 2.45) is 0 Å². The third-order valence-corrected chi connectivity index (χ3v) is 3.60. The fraction of sp³-hybridized carbons (Fsp3) is 0.600. The molecule has 5 nitrogen and oxygen atoms in total. The van der Waals surface area contributed by atoms with Crippen molar-refractivity contribution in [3.05, 3.63) is 18.2 Å². The van der Waals surface area contributed by atoms with Crippen molar-refractivity contribution in [1.29, 1.82) is 0 Å². The van der Waals surface area contributed by atoms with E-state index in [2.05, 4.69) is 6.92 Å². The Bertz CT molecular complexity index is 539. The lowest BCUT2D eigenvalue weighted by atomic mass is 10.2. The van der Waals surface area contributed by atoms with Gasteiger partial charge in [0.15, 0.2) is 11.5 Å². The average molecular weight is 350 g/mol. The quantitative estimate of drug-likeness (QED) is 0.300. The second-order valence-electron chi connectivity index (χ2n) is 5.97. The first-order valence-corrected chi connectivity index (χ1v) is 9.28. The molecule has 0 aliphatic rings. The Morgan fingerprint density at radius 2 is 1.36 bits per heavy atom. The molecule has 0 saturated heterocycles. The Balaban J connectivity index is 2.84. The smallest absolute Gasteiger partial charge is 0.311 e. The molecule has 0 heterocycles. The molecule has 1 aromatic carbocycles. The predicted octanol–water partition coefficient (Wildman–Crippen LogP) is 5.06. The fourth-order valence-electron chi connectivity index (χ4n) is 2.07. The van der Waals surface area contributed by atoms with E-state index in [0.717, 1.165) is 38.5 Å². The van der Waals surface area contributed by atoms with Crippen molar-refractivity contribution >= 4 is 11.9 Å². The third-order valence-electron chi connectivity index (χ3n) is 3.60. The first-order chi connectivity index (χ1) is 12.1. The highest BCUT2D eigenvalue weighted by atomic mass is 16.6. The van der Waals surface area contributed by atoms with Crippen LogP contribution in [0.2, 0.25) is 0 Å². The Morgan fingerprint density at radius 3 is 1.92 bits per heavy atom. The molecule has 0 aliphatic heterocycles. The van der Waals surface area contributed by atoms with Gasteiger partial charge in [-0.25, -0.2) is 0 Å². The molecule has 1 rings (SSSR count). The number of carbonyl (C=O) groups excluding carboxylic acids is 2. The van der Waals surface area contributed by atoms with E-state index in [1.165, 1.54) is 0 Å². The van der Waals surface area contributed by atoms with Crippen LogP contribution in [-0.4, -0.2) is 18.5 Å². The molecule has 0 unspecified atom stereocenters. The Hall–Kier alpha value is -2.04. The average Bonchev–Trinajstić information content (AvgIpc) is 2.60. The van der Waals surface area contributed by atoms with Gasteiger partial charge in [0.1, 0.15) is 5.75 Å². The van der Waals surface area contributed by atoms with Gasteiger partial charge in [-0.1, -0.05) is 40.0 Å². The SMILES string of the molecule is CCCCOc1ccc(OC(=O)CCCC)c(OC(=O)CCCC)c1. The number of carbonyl (C=O) groups is 2. The second-order valence-corrected chi connectivity index (χ2v) is 5.97. The van der Waals surface area contributed by atoms with Gasteiger partial charge in [0.2, 0.25) is 0 Å². The molecule has 0 aliphatic carbocycles. The van der Waals surface area contributed by atoms with Crippen molar-refractivity contribution in [1.82, 2.24) is 0 Å². The van der Waals surface area contributed by atoms with Crippen LogP contribution >= 0.6 is 0 Å². The number of esters is 2. The fourth-order valence-corrected chi connectivity index (χ4v) is 2.07. The number of benzene rings is 1. The first-order valence-electron chi connectivity index (χ1n) is 9.28. The van der Waals surface area contributed by atoms with Gasteiger partial charge in [-0.3, -0.25) is 9.59 Å². The maximum atomic E-state index is 11.9. The Labute approximate surface area is 150 Å². The highest BCUT2D eigenvalue weighted by Crippen LogP contribution is 2.32. The van der Waals surface area contributed by atoms with Gasteiger partial charge in [-0.15, -0.1) is 0 Å². The highest BCUT2D eigenvalue weighted by Gasteiger charge is 2.15. The summed E-state index contributed by atoms with van der Waals surface area (Å²) in [5.41, 5.74) is 0. The van der Waals surface area contributed by atoms with E-state index in [0.29, 0.717) is 25.2 Å². The largest absolute Gasteiger partial charge is 0.493 e. The molecule has 0 fully saturated rings. The van der Waals surface area contributed by atoms with Gasteiger partial charge in [-0.05, 0) is 31.4 Å². The summed E-state index contributed by atoms with van der Waals surface area (Å²) in [4.78, 5) is 23.8.